The molecule has 0 spiro atoms. The number of ether oxygens (including phenoxy) is 2. The van der Waals surface area contributed by atoms with Crippen LogP contribution in [0.3, 0.4) is 0 Å². The zero-order valence-corrected chi connectivity index (χ0v) is 35.9. The lowest BCUT2D eigenvalue weighted by molar-refractivity contribution is -0.149. The SMILES string of the molecule is CC(=O)O[C@@H]1CC[C@@]2(C)C(=CC[C@H]3[C@H]4C[C@@H](SS[C@H]5C[C@@H]6[C@@H]7CC=C8C[C@H](OC(C)=O)CC[C@@]8(C)[C@H]7CC[C@@]6(C)[C@@H]5C(C)=O)[C@H](C(C)=O)[C@@]4(C)CC[C@H]32)C1. The average molecular weight is 779 g/mol. The quantitative estimate of drug-likeness (QED) is 0.143. The second-order valence-corrected chi connectivity index (χ2v) is 23.2. The van der Waals surface area contributed by atoms with Crippen molar-refractivity contribution in [1.29, 1.82) is 0 Å². The largest absolute Gasteiger partial charge is 0.462 e. The molecule has 0 N–H and O–H groups in total. The van der Waals surface area contributed by atoms with E-state index in [1.807, 2.05) is 35.4 Å². The maximum Gasteiger partial charge on any atom is 0.302 e. The molecule has 0 saturated heterocycles. The van der Waals surface area contributed by atoms with Gasteiger partial charge in [0.2, 0.25) is 0 Å². The molecule has 6 saturated carbocycles. The van der Waals surface area contributed by atoms with Gasteiger partial charge < -0.3 is 9.47 Å². The Morgan fingerprint density at radius 1 is 0.574 bits per heavy atom. The van der Waals surface area contributed by atoms with E-state index in [9.17, 15) is 19.2 Å². The molecule has 298 valence electrons. The van der Waals surface area contributed by atoms with Crippen LogP contribution in [0.2, 0.25) is 0 Å². The third-order valence-corrected chi connectivity index (χ3v) is 21.3. The van der Waals surface area contributed by atoms with Crippen molar-refractivity contribution in [2.24, 2.45) is 69.0 Å². The highest BCUT2D eigenvalue weighted by atomic mass is 33.1. The monoisotopic (exact) mass is 778 g/mol. The Hall–Kier alpha value is -1.54. The lowest BCUT2D eigenvalue weighted by Crippen LogP contribution is -2.51. The van der Waals surface area contributed by atoms with Crippen molar-refractivity contribution in [3.8, 4) is 0 Å². The summed E-state index contributed by atoms with van der Waals surface area (Å²) in [7, 11) is 3.99. The minimum Gasteiger partial charge on any atom is -0.462 e. The zero-order valence-electron chi connectivity index (χ0n) is 34.2. The molecule has 54 heavy (non-hydrogen) atoms. The normalized spacial score (nSPS) is 49.0. The van der Waals surface area contributed by atoms with Crippen molar-refractivity contribution in [1.82, 2.24) is 0 Å². The summed E-state index contributed by atoms with van der Waals surface area (Å²) in [6.07, 6.45) is 19.8. The van der Waals surface area contributed by atoms with E-state index in [4.69, 9.17) is 9.47 Å². The maximum atomic E-state index is 13.7. The van der Waals surface area contributed by atoms with Gasteiger partial charge in [-0.2, -0.15) is 0 Å². The molecule has 0 radical (unpaired) electrons. The Labute approximate surface area is 332 Å². The molecule has 0 aliphatic heterocycles. The number of ketones is 2. The highest BCUT2D eigenvalue weighted by Gasteiger charge is 2.65. The van der Waals surface area contributed by atoms with E-state index >= 15 is 0 Å². The smallest absolute Gasteiger partial charge is 0.302 e. The van der Waals surface area contributed by atoms with Gasteiger partial charge in [0.05, 0.1) is 0 Å². The van der Waals surface area contributed by atoms with Crippen LogP contribution in [0.4, 0.5) is 0 Å². The third-order valence-electron chi connectivity index (χ3n) is 18.0. The Morgan fingerprint density at radius 3 is 1.31 bits per heavy atom. The van der Waals surface area contributed by atoms with E-state index in [0.717, 1.165) is 77.0 Å². The van der Waals surface area contributed by atoms with Gasteiger partial charge in [0.1, 0.15) is 23.8 Å². The fourth-order valence-corrected chi connectivity index (χ4v) is 19.8. The molecule has 0 aromatic carbocycles. The Morgan fingerprint density at radius 2 is 0.963 bits per heavy atom. The van der Waals surface area contributed by atoms with Crippen LogP contribution in [0.5, 0.6) is 0 Å². The molecule has 0 heterocycles. The molecule has 16 atom stereocenters. The first-order valence-corrected chi connectivity index (χ1v) is 23.8. The van der Waals surface area contributed by atoms with Gasteiger partial charge in [0.15, 0.2) is 0 Å². The Balaban J connectivity index is 0.995. The minimum atomic E-state index is -0.173. The summed E-state index contributed by atoms with van der Waals surface area (Å²) in [4.78, 5) is 51.0. The Bertz CT molecular complexity index is 1520. The van der Waals surface area contributed by atoms with Gasteiger partial charge in [-0.05, 0) is 148 Å². The lowest BCUT2D eigenvalue weighted by Gasteiger charge is -2.58. The number of hydrogen-bond acceptors (Lipinski definition) is 8. The number of rotatable bonds is 7. The molecular weight excluding hydrogens is 713 g/mol. The summed E-state index contributed by atoms with van der Waals surface area (Å²) in [5, 5.41) is 0.558. The van der Waals surface area contributed by atoms with Gasteiger partial charge in [-0.1, -0.05) is 72.6 Å². The van der Waals surface area contributed by atoms with Gasteiger partial charge in [0.25, 0.3) is 0 Å². The average Bonchev–Trinajstić information content (AvgIpc) is 3.57. The zero-order chi connectivity index (χ0) is 38.5. The molecule has 8 rings (SSSR count). The summed E-state index contributed by atoms with van der Waals surface area (Å²) in [5.41, 5.74) is 3.36. The van der Waals surface area contributed by atoms with Crippen LogP contribution in [0.1, 0.15) is 145 Å². The molecule has 0 unspecified atom stereocenters. The lowest BCUT2D eigenvalue weighted by atomic mass is 9.47. The van der Waals surface area contributed by atoms with Crippen LogP contribution in [0.25, 0.3) is 0 Å². The van der Waals surface area contributed by atoms with Crippen molar-refractivity contribution < 1.29 is 28.7 Å². The van der Waals surface area contributed by atoms with E-state index in [1.54, 1.807) is 0 Å². The highest BCUT2D eigenvalue weighted by Crippen LogP contribution is 2.71. The molecule has 0 aromatic rings. The second kappa shape index (κ2) is 14.1. The van der Waals surface area contributed by atoms with Gasteiger partial charge >= 0.3 is 11.9 Å². The van der Waals surface area contributed by atoms with Crippen LogP contribution < -0.4 is 0 Å². The summed E-state index contributed by atoms with van der Waals surface area (Å²) in [6, 6.07) is 0. The van der Waals surface area contributed by atoms with E-state index in [2.05, 4.69) is 39.8 Å². The van der Waals surface area contributed by atoms with Crippen molar-refractivity contribution in [3.05, 3.63) is 23.3 Å². The van der Waals surface area contributed by atoms with Crippen molar-refractivity contribution >= 4 is 45.1 Å². The van der Waals surface area contributed by atoms with Crippen LogP contribution in [0, 0.1) is 69.0 Å². The second-order valence-electron chi connectivity index (χ2n) is 20.5. The standard InChI is InChI=1S/C46H66O6S2/c1-25(47)41-39(23-37-33-11-9-29-21-31(51-27(3)49)13-17-43(29,5)35(33)15-19-45(37,41)7)53-54-40-24-38-34-12-10-30-22-32(52-28(4)50)14-18-44(30,6)36(34)16-20-46(38,8)42(40)26(2)48/h9-10,31-42H,11-24H2,1-8H3/t31-,32-,33-,34-,35-,36+,37-,38-,39-,40+,41+,42-,43+,44-,45+,46-/m1/s1. The fourth-order valence-electron chi connectivity index (χ4n) is 15.7. The van der Waals surface area contributed by atoms with Crippen LogP contribution >= 0.6 is 21.6 Å². The molecule has 6 fully saturated rings. The van der Waals surface area contributed by atoms with Crippen molar-refractivity contribution in [2.45, 2.75) is 168 Å². The summed E-state index contributed by atoms with van der Waals surface area (Å²) in [6.45, 7) is 16.7. The predicted molar refractivity (Wildman–Crippen MR) is 216 cm³/mol. The number of Topliss-reactive ketones (excluding diaryl/α,β-unsaturated/α-hetero) is 2. The summed E-state index contributed by atoms with van der Waals surface area (Å²) < 4.78 is 11.4. The topological polar surface area (TPSA) is 86.7 Å². The third kappa shape index (κ3) is 6.17. The Kier molecular flexibility index (Phi) is 10.2. The van der Waals surface area contributed by atoms with E-state index < -0.39 is 0 Å². The van der Waals surface area contributed by atoms with Gasteiger partial charge in [-0.25, -0.2) is 0 Å². The highest BCUT2D eigenvalue weighted by molar-refractivity contribution is 8.77. The number of esters is 2. The molecule has 0 amide bonds. The number of carbonyl (C=O) groups is 4. The molecule has 8 aliphatic rings. The number of hydrogen-bond donors (Lipinski definition) is 0. The van der Waals surface area contributed by atoms with Crippen LogP contribution in [-0.2, 0) is 28.7 Å². The first kappa shape index (κ1) is 39.3. The van der Waals surface area contributed by atoms with Gasteiger partial charge in [-0.3, -0.25) is 19.2 Å². The van der Waals surface area contributed by atoms with Crippen molar-refractivity contribution in [3.63, 3.8) is 0 Å². The number of fused-ring (bicyclic) bond motifs is 10. The molecular formula is C46H66O6S2. The molecule has 8 aliphatic carbocycles. The van der Waals surface area contributed by atoms with Crippen LogP contribution in [-0.4, -0.2) is 46.2 Å². The van der Waals surface area contributed by atoms with E-state index in [0.29, 0.717) is 47.1 Å². The first-order chi connectivity index (χ1) is 25.5. The molecule has 0 bridgehead atoms. The number of carbonyl (C=O) groups excluding carboxylic acids is 4. The fraction of sp³-hybridized carbons (Fsp3) is 0.826. The summed E-state index contributed by atoms with van der Waals surface area (Å²) >= 11 is 0. The number of allylic oxidation sites excluding steroid dienone is 2. The van der Waals surface area contributed by atoms with E-state index in [1.165, 1.54) is 37.8 Å². The maximum absolute atomic E-state index is 13.7. The van der Waals surface area contributed by atoms with Gasteiger partial charge in [-0.15, -0.1) is 0 Å². The van der Waals surface area contributed by atoms with Crippen LogP contribution in [0.15, 0.2) is 23.3 Å². The molecule has 8 heteroatoms. The predicted octanol–water partition coefficient (Wildman–Crippen LogP) is 10.5. The molecule has 0 aromatic heterocycles. The van der Waals surface area contributed by atoms with Gasteiger partial charge in [0, 0.05) is 49.0 Å². The minimum absolute atomic E-state index is 0.00821. The first-order valence-electron chi connectivity index (χ1n) is 21.6. The van der Waals surface area contributed by atoms with E-state index in [-0.39, 0.29) is 68.1 Å². The summed E-state index contributed by atoms with van der Waals surface area (Å²) in [5.74, 6) is 3.95. The molecule has 6 nitrogen and oxygen atoms in total. The van der Waals surface area contributed by atoms with Crippen molar-refractivity contribution in [2.75, 3.05) is 0 Å².